The topological polar surface area (TPSA) is 116 Å². The summed E-state index contributed by atoms with van der Waals surface area (Å²) in [6.07, 6.45) is 2.91. The number of hydrogen-bond acceptors (Lipinski definition) is 7. The summed E-state index contributed by atoms with van der Waals surface area (Å²) in [6.45, 7) is 9.57. The lowest BCUT2D eigenvalue weighted by atomic mass is 9.76. The summed E-state index contributed by atoms with van der Waals surface area (Å²) < 4.78 is 12.0. The van der Waals surface area contributed by atoms with Crippen molar-refractivity contribution < 1.29 is 34.4 Å². The fourth-order valence-corrected chi connectivity index (χ4v) is 4.70. The Morgan fingerprint density at radius 2 is 1.76 bits per heavy atom. The number of carbonyl (C=O) groups is 2. The number of aliphatic hydroxyl groups is 2. The van der Waals surface area contributed by atoms with E-state index in [1.807, 2.05) is 46.8 Å². The summed E-state index contributed by atoms with van der Waals surface area (Å²) >= 11 is 0. The van der Waals surface area contributed by atoms with Crippen LogP contribution in [-0.4, -0.2) is 46.6 Å². The van der Waals surface area contributed by atoms with E-state index in [-0.39, 0.29) is 24.9 Å². The molecule has 0 aromatic heterocycles. The van der Waals surface area contributed by atoms with E-state index in [4.69, 9.17) is 9.47 Å². The molecule has 0 heterocycles. The number of ether oxygens (including phenoxy) is 2. The molecular weight excluding hydrogens is 436 g/mol. The lowest BCUT2D eigenvalue weighted by Crippen LogP contribution is -2.34. The number of aryl methyl sites for hydroxylation is 2. The maximum Gasteiger partial charge on any atom is 0.314 e. The number of carboxylic acids is 1. The average Bonchev–Trinajstić information content (AvgIpc) is 2.73. The van der Waals surface area contributed by atoms with Crippen molar-refractivity contribution in [2.75, 3.05) is 6.61 Å². The highest BCUT2D eigenvalue weighted by Crippen LogP contribution is 2.43. The first kappa shape index (κ1) is 28.1. The van der Waals surface area contributed by atoms with E-state index >= 15 is 0 Å². The van der Waals surface area contributed by atoms with Crippen molar-refractivity contribution in [1.82, 2.24) is 0 Å². The lowest BCUT2D eigenvalue weighted by molar-refractivity contribution is -0.307. The van der Waals surface area contributed by atoms with Crippen LogP contribution in [0.2, 0.25) is 0 Å². The number of esters is 1. The molecule has 1 fully saturated rings. The number of hydrogen-bond donors (Lipinski definition) is 2. The van der Waals surface area contributed by atoms with Crippen molar-refractivity contribution in [3.05, 3.63) is 28.8 Å². The molecule has 1 aromatic carbocycles. The lowest BCUT2D eigenvalue weighted by Gasteiger charge is -2.34. The molecule has 2 rings (SSSR count). The van der Waals surface area contributed by atoms with Gasteiger partial charge in [0.05, 0.1) is 18.1 Å². The maximum absolute atomic E-state index is 13.6. The average molecular weight is 478 g/mol. The predicted molar refractivity (Wildman–Crippen MR) is 127 cm³/mol. The molecule has 2 unspecified atom stereocenters. The van der Waals surface area contributed by atoms with Crippen molar-refractivity contribution in [2.24, 2.45) is 5.92 Å². The van der Waals surface area contributed by atoms with Gasteiger partial charge in [-0.15, -0.1) is 0 Å². The minimum atomic E-state index is -1.37. The van der Waals surface area contributed by atoms with Gasteiger partial charge in [-0.1, -0.05) is 43.9 Å². The third-order valence-electron chi connectivity index (χ3n) is 6.75. The smallest absolute Gasteiger partial charge is 0.314 e. The van der Waals surface area contributed by atoms with E-state index in [2.05, 4.69) is 0 Å². The second-order valence-electron chi connectivity index (χ2n) is 10.3. The van der Waals surface area contributed by atoms with Gasteiger partial charge < -0.3 is 29.6 Å². The first-order valence-corrected chi connectivity index (χ1v) is 12.5. The summed E-state index contributed by atoms with van der Waals surface area (Å²) in [5, 5.41) is 30.8. The van der Waals surface area contributed by atoms with E-state index in [1.54, 1.807) is 0 Å². The van der Waals surface area contributed by atoms with Gasteiger partial charge in [0.25, 0.3) is 0 Å². The Morgan fingerprint density at radius 3 is 2.35 bits per heavy atom. The van der Waals surface area contributed by atoms with Gasteiger partial charge in [-0.05, 0) is 58.4 Å². The molecule has 0 bridgehead atoms. The van der Waals surface area contributed by atoms with Crippen LogP contribution in [0.1, 0.15) is 94.7 Å². The third-order valence-corrected chi connectivity index (χ3v) is 6.75. The molecule has 0 spiro atoms. The van der Waals surface area contributed by atoms with Crippen molar-refractivity contribution >= 4 is 11.9 Å². The van der Waals surface area contributed by atoms with Crippen molar-refractivity contribution in [3.63, 3.8) is 0 Å². The highest BCUT2D eigenvalue weighted by atomic mass is 16.6. The SMILES string of the molecule is CCC(C)(C)OC(=O)C(c1cc(C)cc(C)c1OCC(O)C[C@@H](O)CC(=O)[O-])C1CCCCC1. The molecule has 0 radical (unpaired) electrons. The highest BCUT2D eigenvalue weighted by molar-refractivity contribution is 5.80. The largest absolute Gasteiger partial charge is 0.550 e. The molecule has 7 nitrogen and oxygen atoms in total. The van der Waals surface area contributed by atoms with Gasteiger partial charge in [0.1, 0.15) is 18.0 Å². The fraction of sp³-hybridized carbons (Fsp3) is 0.704. The zero-order valence-corrected chi connectivity index (χ0v) is 21.3. The summed E-state index contributed by atoms with van der Waals surface area (Å²) in [7, 11) is 0. The van der Waals surface area contributed by atoms with Crippen LogP contribution in [0.4, 0.5) is 0 Å². The van der Waals surface area contributed by atoms with Crippen LogP contribution in [-0.2, 0) is 14.3 Å². The quantitative estimate of drug-likeness (QED) is 0.444. The van der Waals surface area contributed by atoms with Crippen LogP contribution in [0.25, 0.3) is 0 Å². The Labute approximate surface area is 203 Å². The Hall–Kier alpha value is -2.12. The Kier molecular flexibility index (Phi) is 10.4. The zero-order chi connectivity index (χ0) is 25.5. The molecule has 34 heavy (non-hydrogen) atoms. The van der Waals surface area contributed by atoms with Gasteiger partial charge in [0.2, 0.25) is 0 Å². The normalized spacial score (nSPS) is 17.6. The van der Waals surface area contributed by atoms with E-state index < -0.39 is 36.1 Å². The number of benzene rings is 1. The van der Waals surface area contributed by atoms with Gasteiger partial charge in [0.15, 0.2) is 0 Å². The van der Waals surface area contributed by atoms with E-state index in [1.165, 1.54) is 0 Å². The molecule has 1 saturated carbocycles. The zero-order valence-electron chi connectivity index (χ0n) is 21.3. The van der Waals surface area contributed by atoms with Gasteiger partial charge in [-0.2, -0.15) is 0 Å². The third kappa shape index (κ3) is 8.27. The Balaban J connectivity index is 2.34. The second kappa shape index (κ2) is 12.5. The van der Waals surface area contributed by atoms with Gasteiger partial charge >= 0.3 is 5.97 Å². The molecular formula is C27H41O7-. The van der Waals surface area contributed by atoms with Crippen molar-refractivity contribution in [1.29, 1.82) is 0 Å². The monoisotopic (exact) mass is 477 g/mol. The van der Waals surface area contributed by atoms with Gasteiger partial charge in [-0.3, -0.25) is 4.79 Å². The molecule has 1 aliphatic carbocycles. The minimum absolute atomic E-state index is 0.131. The molecule has 0 aliphatic heterocycles. The number of aliphatic carboxylic acids is 1. The molecule has 7 heteroatoms. The second-order valence-corrected chi connectivity index (χ2v) is 10.3. The van der Waals surface area contributed by atoms with Crippen LogP contribution in [0, 0.1) is 19.8 Å². The summed E-state index contributed by atoms with van der Waals surface area (Å²) in [4.78, 5) is 24.2. The van der Waals surface area contributed by atoms with Gasteiger partial charge in [-0.25, -0.2) is 0 Å². The number of rotatable bonds is 12. The minimum Gasteiger partial charge on any atom is -0.550 e. The fourth-order valence-electron chi connectivity index (χ4n) is 4.70. The van der Waals surface area contributed by atoms with Crippen molar-refractivity contribution in [2.45, 2.75) is 110 Å². The predicted octanol–water partition coefficient (Wildman–Crippen LogP) is 3.33. The first-order valence-electron chi connectivity index (χ1n) is 12.5. The number of aliphatic hydroxyl groups excluding tert-OH is 2. The highest BCUT2D eigenvalue weighted by Gasteiger charge is 2.37. The molecule has 0 saturated heterocycles. The van der Waals surface area contributed by atoms with Crippen molar-refractivity contribution in [3.8, 4) is 5.75 Å². The Morgan fingerprint density at radius 1 is 1.12 bits per heavy atom. The molecule has 1 aliphatic rings. The molecule has 1 aromatic rings. The van der Waals surface area contributed by atoms with Crippen LogP contribution in [0.3, 0.4) is 0 Å². The molecule has 192 valence electrons. The van der Waals surface area contributed by atoms with Crippen LogP contribution in [0.15, 0.2) is 12.1 Å². The summed E-state index contributed by atoms with van der Waals surface area (Å²) in [5.41, 5.74) is 2.05. The van der Waals surface area contributed by atoms with E-state index in [0.717, 1.165) is 48.8 Å². The van der Waals surface area contributed by atoms with E-state index in [0.29, 0.717) is 12.2 Å². The molecule has 0 amide bonds. The first-order chi connectivity index (χ1) is 15.9. The number of carbonyl (C=O) groups excluding carboxylic acids is 2. The van der Waals surface area contributed by atoms with Gasteiger partial charge in [0, 0.05) is 24.4 Å². The number of carboxylic acid groups (broad SMARTS) is 1. The van der Waals surface area contributed by atoms with Crippen LogP contribution in [0.5, 0.6) is 5.75 Å². The summed E-state index contributed by atoms with van der Waals surface area (Å²) in [6, 6.07) is 3.94. The summed E-state index contributed by atoms with van der Waals surface area (Å²) in [5.74, 6) is -1.41. The van der Waals surface area contributed by atoms with E-state index in [9.17, 15) is 24.9 Å². The Bertz CT molecular complexity index is 827. The maximum atomic E-state index is 13.6. The standard InChI is InChI=1S/C27H42O7/c1-6-27(4,5)34-26(32)24(19-10-8-7-9-11-19)22-13-17(2)12-18(3)25(22)33-16-21(29)14-20(28)15-23(30)31/h12-13,19-21,24,28-29H,6-11,14-16H2,1-5H3,(H,30,31)/p-1/t20-,21?,24?/m1/s1. The van der Waals surface area contributed by atoms with Crippen LogP contribution < -0.4 is 9.84 Å². The molecule has 3 atom stereocenters. The van der Waals surface area contributed by atoms with Crippen LogP contribution >= 0.6 is 0 Å². The molecule has 2 N–H and O–H groups in total.